The van der Waals surface area contributed by atoms with Crippen molar-refractivity contribution in [3.05, 3.63) is 48.0 Å². The van der Waals surface area contributed by atoms with E-state index in [4.69, 9.17) is 9.47 Å². The van der Waals surface area contributed by atoms with Gasteiger partial charge in [0.05, 0.1) is 19.8 Å². The van der Waals surface area contributed by atoms with Gasteiger partial charge in [-0.05, 0) is 72.7 Å². The highest BCUT2D eigenvalue weighted by Crippen LogP contribution is 2.36. The molecule has 0 atom stereocenters. The third-order valence-electron chi connectivity index (χ3n) is 4.51. The topological polar surface area (TPSA) is 91.2 Å². The predicted octanol–water partition coefficient (Wildman–Crippen LogP) is 3.33. The molecule has 3 aromatic rings. The maximum atomic E-state index is 12.6. The van der Waals surface area contributed by atoms with Gasteiger partial charge in [0.2, 0.25) is 0 Å². The van der Waals surface area contributed by atoms with Crippen molar-refractivity contribution in [1.82, 2.24) is 20.2 Å². The van der Waals surface area contributed by atoms with Crippen LogP contribution in [-0.2, 0) is 0 Å². The molecule has 1 heterocycles. The van der Waals surface area contributed by atoms with Crippen LogP contribution in [0.3, 0.4) is 0 Å². The molecule has 1 saturated carbocycles. The van der Waals surface area contributed by atoms with Crippen molar-refractivity contribution in [1.29, 1.82) is 0 Å². The van der Waals surface area contributed by atoms with E-state index in [9.17, 15) is 4.79 Å². The second kappa shape index (κ2) is 7.67. The lowest BCUT2D eigenvalue weighted by Crippen LogP contribution is -2.12. The SMILES string of the molecule is CCOc1ccc(C(=O)Nc2ccc(-c3nnnn3C3CC3)cc2)cc1OC. The number of nitrogens with zero attached hydrogens (tertiary/aromatic N) is 4. The Labute approximate surface area is 162 Å². The lowest BCUT2D eigenvalue weighted by atomic mass is 10.1. The van der Waals surface area contributed by atoms with Gasteiger partial charge in [-0.25, -0.2) is 4.68 Å². The summed E-state index contributed by atoms with van der Waals surface area (Å²) in [5.74, 6) is 1.66. The van der Waals surface area contributed by atoms with Crippen molar-refractivity contribution in [2.24, 2.45) is 0 Å². The molecule has 1 amide bonds. The fourth-order valence-corrected chi connectivity index (χ4v) is 2.94. The monoisotopic (exact) mass is 379 g/mol. The Morgan fingerprint density at radius 1 is 1.18 bits per heavy atom. The zero-order chi connectivity index (χ0) is 19.5. The first-order chi connectivity index (χ1) is 13.7. The van der Waals surface area contributed by atoms with E-state index >= 15 is 0 Å². The van der Waals surface area contributed by atoms with E-state index in [1.54, 1.807) is 25.3 Å². The molecule has 1 N–H and O–H groups in total. The van der Waals surface area contributed by atoms with Crippen LogP contribution in [0.2, 0.25) is 0 Å². The molecule has 0 saturated heterocycles. The van der Waals surface area contributed by atoms with Crippen molar-refractivity contribution in [2.45, 2.75) is 25.8 Å². The lowest BCUT2D eigenvalue weighted by Gasteiger charge is -2.11. The van der Waals surface area contributed by atoms with Crippen LogP contribution in [0.5, 0.6) is 11.5 Å². The maximum Gasteiger partial charge on any atom is 0.255 e. The van der Waals surface area contributed by atoms with Gasteiger partial charge in [0.25, 0.3) is 5.91 Å². The van der Waals surface area contributed by atoms with Gasteiger partial charge in [-0.3, -0.25) is 4.79 Å². The molecule has 2 aromatic carbocycles. The Kier molecular flexibility index (Phi) is 4.92. The molecule has 0 radical (unpaired) electrons. The third kappa shape index (κ3) is 3.66. The number of aromatic nitrogens is 4. The molecule has 1 aliphatic carbocycles. The maximum absolute atomic E-state index is 12.6. The van der Waals surface area contributed by atoms with E-state index in [1.807, 2.05) is 35.9 Å². The highest BCUT2D eigenvalue weighted by Gasteiger charge is 2.28. The van der Waals surface area contributed by atoms with E-state index in [1.165, 1.54) is 0 Å². The first kappa shape index (κ1) is 18.0. The third-order valence-corrected chi connectivity index (χ3v) is 4.51. The molecule has 28 heavy (non-hydrogen) atoms. The Morgan fingerprint density at radius 3 is 2.64 bits per heavy atom. The van der Waals surface area contributed by atoms with Gasteiger partial charge in [-0.2, -0.15) is 0 Å². The van der Waals surface area contributed by atoms with Crippen LogP contribution in [0.25, 0.3) is 11.4 Å². The molecule has 0 bridgehead atoms. The summed E-state index contributed by atoms with van der Waals surface area (Å²) < 4.78 is 12.7. The van der Waals surface area contributed by atoms with E-state index < -0.39 is 0 Å². The van der Waals surface area contributed by atoms with Gasteiger partial charge in [-0.1, -0.05) is 0 Å². The largest absolute Gasteiger partial charge is 0.493 e. The fourth-order valence-electron chi connectivity index (χ4n) is 2.94. The highest BCUT2D eigenvalue weighted by atomic mass is 16.5. The second-order valence-electron chi connectivity index (χ2n) is 6.51. The number of carbonyl (C=O) groups is 1. The lowest BCUT2D eigenvalue weighted by molar-refractivity contribution is 0.102. The summed E-state index contributed by atoms with van der Waals surface area (Å²) in [7, 11) is 1.55. The van der Waals surface area contributed by atoms with Gasteiger partial charge >= 0.3 is 0 Å². The average molecular weight is 379 g/mol. The number of anilines is 1. The zero-order valence-electron chi connectivity index (χ0n) is 15.8. The first-order valence-electron chi connectivity index (χ1n) is 9.20. The van der Waals surface area contributed by atoms with Crippen molar-refractivity contribution in [2.75, 3.05) is 19.0 Å². The number of amides is 1. The van der Waals surface area contributed by atoms with Gasteiger partial charge in [0.1, 0.15) is 0 Å². The number of hydrogen-bond acceptors (Lipinski definition) is 6. The van der Waals surface area contributed by atoms with Gasteiger partial charge < -0.3 is 14.8 Å². The molecule has 0 unspecified atom stereocenters. The minimum Gasteiger partial charge on any atom is -0.493 e. The molecule has 144 valence electrons. The van der Waals surface area contributed by atoms with Gasteiger partial charge in [0, 0.05) is 16.8 Å². The number of rotatable bonds is 7. The van der Waals surface area contributed by atoms with E-state index in [0.29, 0.717) is 35.4 Å². The summed E-state index contributed by atoms with van der Waals surface area (Å²) in [6, 6.07) is 13.0. The van der Waals surface area contributed by atoms with Crippen LogP contribution < -0.4 is 14.8 Å². The molecule has 0 aliphatic heterocycles. The minimum atomic E-state index is -0.225. The van der Waals surface area contributed by atoms with Crippen LogP contribution in [0.4, 0.5) is 5.69 Å². The summed E-state index contributed by atoms with van der Waals surface area (Å²) in [6.07, 6.45) is 2.22. The molecule has 1 fully saturated rings. The molecule has 8 heteroatoms. The highest BCUT2D eigenvalue weighted by molar-refractivity contribution is 6.04. The molecule has 4 rings (SSSR count). The number of nitrogens with one attached hydrogen (secondary N) is 1. The number of benzene rings is 2. The minimum absolute atomic E-state index is 0.225. The summed E-state index contributed by atoms with van der Waals surface area (Å²) in [5.41, 5.74) is 2.09. The van der Waals surface area contributed by atoms with Crippen molar-refractivity contribution in [3.8, 4) is 22.9 Å². The van der Waals surface area contributed by atoms with Crippen molar-refractivity contribution < 1.29 is 14.3 Å². The molecular formula is C20H21N5O3. The van der Waals surface area contributed by atoms with Crippen molar-refractivity contribution >= 4 is 11.6 Å². The van der Waals surface area contributed by atoms with E-state index in [0.717, 1.165) is 24.2 Å². The Balaban J connectivity index is 1.48. The summed E-state index contributed by atoms with van der Waals surface area (Å²) in [6.45, 7) is 2.42. The second-order valence-corrected chi connectivity index (χ2v) is 6.51. The van der Waals surface area contributed by atoms with Gasteiger partial charge in [-0.15, -0.1) is 5.10 Å². The number of methoxy groups -OCH3 is 1. The Bertz CT molecular complexity index is 980. The molecule has 1 aliphatic rings. The number of hydrogen-bond donors (Lipinski definition) is 1. The fraction of sp³-hybridized carbons (Fsp3) is 0.300. The molecule has 0 spiro atoms. The molecule has 8 nitrogen and oxygen atoms in total. The zero-order valence-corrected chi connectivity index (χ0v) is 15.8. The van der Waals surface area contributed by atoms with Crippen LogP contribution >= 0.6 is 0 Å². The van der Waals surface area contributed by atoms with Crippen molar-refractivity contribution in [3.63, 3.8) is 0 Å². The average Bonchev–Trinajstić information content (AvgIpc) is 3.45. The Hall–Kier alpha value is -3.42. The quantitative estimate of drug-likeness (QED) is 0.677. The normalized spacial score (nSPS) is 13.2. The standard InChI is InChI=1S/C20H21N5O3/c1-3-28-17-11-6-14(12-18(17)27-2)20(26)21-15-7-4-13(5-8-15)19-22-23-24-25(19)16-9-10-16/h4-8,11-12,16H,3,9-10H2,1-2H3,(H,21,26). The number of ether oxygens (including phenoxy) is 2. The number of tetrazole rings is 1. The molecular weight excluding hydrogens is 358 g/mol. The summed E-state index contributed by atoms with van der Waals surface area (Å²) in [5, 5.41) is 14.8. The molecule has 1 aromatic heterocycles. The predicted molar refractivity (Wildman–Crippen MR) is 104 cm³/mol. The smallest absolute Gasteiger partial charge is 0.255 e. The van der Waals surface area contributed by atoms with Gasteiger partial charge in [0.15, 0.2) is 17.3 Å². The van der Waals surface area contributed by atoms with Crippen LogP contribution in [0.15, 0.2) is 42.5 Å². The van der Waals surface area contributed by atoms with Crippen LogP contribution in [-0.4, -0.2) is 39.8 Å². The summed E-state index contributed by atoms with van der Waals surface area (Å²) in [4.78, 5) is 12.6. The van der Waals surface area contributed by atoms with E-state index in [2.05, 4.69) is 20.8 Å². The summed E-state index contributed by atoms with van der Waals surface area (Å²) >= 11 is 0. The number of carbonyl (C=O) groups excluding carboxylic acids is 1. The Morgan fingerprint density at radius 2 is 1.96 bits per heavy atom. The van der Waals surface area contributed by atoms with E-state index in [-0.39, 0.29) is 5.91 Å². The van der Waals surface area contributed by atoms with Crippen LogP contribution in [0.1, 0.15) is 36.2 Å². The van der Waals surface area contributed by atoms with Crippen LogP contribution in [0, 0.1) is 0 Å². The first-order valence-corrected chi connectivity index (χ1v) is 9.20.